The summed E-state index contributed by atoms with van der Waals surface area (Å²) < 4.78 is 6.30. The number of rotatable bonds is 5. The van der Waals surface area contributed by atoms with Crippen LogP contribution in [-0.2, 0) is 12.8 Å². The molecule has 0 radical (unpaired) electrons. The first-order chi connectivity index (χ1) is 8.29. The number of alkyl halides is 1. The fourth-order valence-electron chi connectivity index (χ4n) is 1.90. The lowest BCUT2D eigenvalue weighted by molar-refractivity contribution is 0.549. The number of benzene rings is 1. The Balaban J connectivity index is 2.03. The SMILES string of the molecule is BrCC(Cc1ccoc1)Cc1ccccc1Br. The second kappa shape index (κ2) is 6.41. The van der Waals surface area contributed by atoms with E-state index in [-0.39, 0.29) is 0 Å². The van der Waals surface area contributed by atoms with Gasteiger partial charge >= 0.3 is 0 Å². The molecule has 1 unspecified atom stereocenters. The molecule has 1 aromatic heterocycles. The van der Waals surface area contributed by atoms with Gasteiger partial charge in [-0.25, -0.2) is 0 Å². The van der Waals surface area contributed by atoms with Crippen LogP contribution in [0.25, 0.3) is 0 Å². The lowest BCUT2D eigenvalue weighted by atomic mass is 9.95. The van der Waals surface area contributed by atoms with Crippen molar-refractivity contribution in [3.05, 3.63) is 58.5 Å². The van der Waals surface area contributed by atoms with Gasteiger partial charge < -0.3 is 4.42 Å². The lowest BCUT2D eigenvalue weighted by Crippen LogP contribution is -2.09. The van der Waals surface area contributed by atoms with E-state index < -0.39 is 0 Å². The van der Waals surface area contributed by atoms with Crippen LogP contribution in [-0.4, -0.2) is 5.33 Å². The molecule has 0 saturated carbocycles. The molecule has 0 amide bonds. The molecular weight excluding hydrogens is 344 g/mol. The fourth-order valence-corrected chi connectivity index (χ4v) is 2.80. The Morgan fingerprint density at radius 3 is 2.59 bits per heavy atom. The maximum Gasteiger partial charge on any atom is 0.0934 e. The van der Waals surface area contributed by atoms with Gasteiger partial charge in [-0.2, -0.15) is 0 Å². The maximum absolute atomic E-state index is 5.11. The van der Waals surface area contributed by atoms with Crippen molar-refractivity contribution < 1.29 is 4.42 Å². The summed E-state index contributed by atoms with van der Waals surface area (Å²) in [5.41, 5.74) is 2.63. The average Bonchev–Trinajstić information content (AvgIpc) is 2.84. The molecule has 3 heteroatoms. The molecule has 1 heterocycles. The van der Waals surface area contributed by atoms with Crippen molar-refractivity contribution >= 4 is 31.9 Å². The Hall–Kier alpha value is -0.540. The molecule has 17 heavy (non-hydrogen) atoms. The smallest absolute Gasteiger partial charge is 0.0934 e. The van der Waals surface area contributed by atoms with E-state index >= 15 is 0 Å². The van der Waals surface area contributed by atoms with Crippen molar-refractivity contribution in [3.63, 3.8) is 0 Å². The monoisotopic (exact) mass is 356 g/mol. The minimum absolute atomic E-state index is 0.589. The van der Waals surface area contributed by atoms with Crippen LogP contribution >= 0.6 is 31.9 Å². The van der Waals surface area contributed by atoms with Crippen molar-refractivity contribution in [1.29, 1.82) is 0 Å². The molecule has 0 spiro atoms. The van der Waals surface area contributed by atoms with Crippen LogP contribution in [0.3, 0.4) is 0 Å². The summed E-state index contributed by atoms with van der Waals surface area (Å²) in [7, 11) is 0. The van der Waals surface area contributed by atoms with Gasteiger partial charge in [0.25, 0.3) is 0 Å². The molecule has 0 bridgehead atoms. The summed E-state index contributed by atoms with van der Waals surface area (Å²) in [5, 5.41) is 1.000. The highest BCUT2D eigenvalue weighted by Crippen LogP contribution is 2.22. The van der Waals surface area contributed by atoms with E-state index in [4.69, 9.17) is 4.42 Å². The predicted molar refractivity (Wildman–Crippen MR) is 77.5 cm³/mol. The molecule has 2 rings (SSSR count). The zero-order chi connectivity index (χ0) is 12.1. The van der Waals surface area contributed by atoms with Crippen molar-refractivity contribution in [2.24, 2.45) is 5.92 Å². The summed E-state index contributed by atoms with van der Waals surface area (Å²) in [5.74, 6) is 0.589. The quantitative estimate of drug-likeness (QED) is 0.698. The van der Waals surface area contributed by atoms with Gasteiger partial charge in [0, 0.05) is 9.80 Å². The molecular formula is C14H14Br2O. The number of hydrogen-bond donors (Lipinski definition) is 0. The van der Waals surface area contributed by atoms with Crippen LogP contribution < -0.4 is 0 Å². The molecule has 2 aromatic rings. The number of halogens is 2. The van der Waals surface area contributed by atoms with E-state index in [1.807, 2.05) is 18.4 Å². The van der Waals surface area contributed by atoms with E-state index in [1.165, 1.54) is 15.6 Å². The third-order valence-electron chi connectivity index (χ3n) is 2.79. The third kappa shape index (κ3) is 3.71. The maximum atomic E-state index is 5.11. The minimum Gasteiger partial charge on any atom is -0.472 e. The molecule has 0 aliphatic rings. The number of furan rings is 1. The Kier molecular flexibility index (Phi) is 4.86. The minimum atomic E-state index is 0.589. The van der Waals surface area contributed by atoms with Gasteiger partial charge in [-0.3, -0.25) is 0 Å². The van der Waals surface area contributed by atoms with E-state index in [9.17, 15) is 0 Å². The zero-order valence-electron chi connectivity index (χ0n) is 9.40. The average molecular weight is 358 g/mol. The number of hydrogen-bond acceptors (Lipinski definition) is 1. The van der Waals surface area contributed by atoms with E-state index in [0.29, 0.717) is 5.92 Å². The van der Waals surface area contributed by atoms with Gasteiger partial charge in [0.2, 0.25) is 0 Å². The van der Waals surface area contributed by atoms with Crippen molar-refractivity contribution in [1.82, 2.24) is 0 Å². The van der Waals surface area contributed by atoms with Gasteiger partial charge in [-0.15, -0.1) is 0 Å². The first kappa shape index (κ1) is 12.9. The molecule has 1 aromatic carbocycles. The standard InChI is InChI=1S/C14H14Br2O/c15-9-12(7-11-5-6-17-10-11)8-13-3-1-2-4-14(13)16/h1-6,10,12H,7-9H2. The summed E-state index contributed by atoms with van der Waals surface area (Å²) in [6.07, 6.45) is 5.68. The topological polar surface area (TPSA) is 13.1 Å². The highest BCUT2D eigenvalue weighted by molar-refractivity contribution is 9.10. The molecule has 1 atom stereocenters. The second-order valence-corrected chi connectivity index (χ2v) is 5.65. The van der Waals surface area contributed by atoms with Crippen LogP contribution in [0.4, 0.5) is 0 Å². The molecule has 0 N–H and O–H groups in total. The molecule has 1 nitrogen and oxygen atoms in total. The Morgan fingerprint density at radius 2 is 1.94 bits per heavy atom. The van der Waals surface area contributed by atoms with Gasteiger partial charge in [0.1, 0.15) is 0 Å². The van der Waals surface area contributed by atoms with Crippen LogP contribution in [0.5, 0.6) is 0 Å². The normalized spacial score (nSPS) is 12.6. The van der Waals surface area contributed by atoms with Crippen LogP contribution in [0.15, 0.2) is 51.7 Å². The van der Waals surface area contributed by atoms with Crippen LogP contribution in [0.1, 0.15) is 11.1 Å². The molecule has 0 aliphatic heterocycles. The van der Waals surface area contributed by atoms with Gasteiger partial charge in [0.05, 0.1) is 12.5 Å². The summed E-state index contributed by atoms with van der Waals surface area (Å²) in [4.78, 5) is 0. The third-order valence-corrected chi connectivity index (χ3v) is 4.48. The second-order valence-electron chi connectivity index (χ2n) is 4.15. The molecule has 0 aliphatic carbocycles. The Bertz CT molecular complexity index is 451. The highest BCUT2D eigenvalue weighted by Gasteiger charge is 2.11. The van der Waals surface area contributed by atoms with Gasteiger partial charge in [-0.05, 0) is 42.0 Å². The van der Waals surface area contributed by atoms with E-state index in [1.54, 1.807) is 6.26 Å². The summed E-state index contributed by atoms with van der Waals surface area (Å²) in [6, 6.07) is 10.4. The van der Waals surface area contributed by atoms with Gasteiger partial charge in [0.15, 0.2) is 0 Å². The van der Waals surface area contributed by atoms with Crippen molar-refractivity contribution in [2.45, 2.75) is 12.8 Å². The zero-order valence-corrected chi connectivity index (χ0v) is 12.6. The van der Waals surface area contributed by atoms with Crippen molar-refractivity contribution in [3.8, 4) is 0 Å². The Morgan fingerprint density at radius 1 is 1.12 bits per heavy atom. The largest absolute Gasteiger partial charge is 0.472 e. The molecule has 0 fully saturated rings. The van der Waals surface area contributed by atoms with E-state index in [2.05, 4.69) is 50.1 Å². The Labute approximate surface area is 118 Å². The summed E-state index contributed by atoms with van der Waals surface area (Å²) in [6.45, 7) is 0. The lowest BCUT2D eigenvalue weighted by Gasteiger charge is -2.14. The van der Waals surface area contributed by atoms with E-state index in [0.717, 1.165) is 18.2 Å². The van der Waals surface area contributed by atoms with Crippen molar-refractivity contribution in [2.75, 3.05) is 5.33 Å². The predicted octanol–water partition coefficient (Wildman–Crippen LogP) is 4.84. The van der Waals surface area contributed by atoms with Gasteiger partial charge in [-0.1, -0.05) is 50.1 Å². The summed E-state index contributed by atoms with van der Waals surface area (Å²) >= 11 is 7.20. The van der Waals surface area contributed by atoms with Crippen LogP contribution in [0.2, 0.25) is 0 Å². The highest BCUT2D eigenvalue weighted by atomic mass is 79.9. The van der Waals surface area contributed by atoms with Crippen LogP contribution in [0, 0.1) is 5.92 Å². The molecule has 90 valence electrons. The molecule has 0 saturated heterocycles. The first-order valence-corrected chi connectivity index (χ1v) is 7.51. The fraction of sp³-hybridized carbons (Fsp3) is 0.286. The first-order valence-electron chi connectivity index (χ1n) is 5.60.